The van der Waals surface area contributed by atoms with E-state index in [2.05, 4.69) is 31.4 Å². The van der Waals surface area contributed by atoms with Crippen LogP contribution in [-0.2, 0) is 6.42 Å². The fourth-order valence-corrected chi connectivity index (χ4v) is 3.14. The van der Waals surface area contributed by atoms with Gasteiger partial charge in [0.25, 0.3) is 5.91 Å². The summed E-state index contributed by atoms with van der Waals surface area (Å²) in [5.74, 6) is 0.420. The molecule has 0 aliphatic carbocycles. The van der Waals surface area contributed by atoms with Gasteiger partial charge >= 0.3 is 0 Å². The first-order chi connectivity index (χ1) is 10.5. The van der Waals surface area contributed by atoms with Crippen molar-refractivity contribution in [2.24, 2.45) is 5.10 Å². The Morgan fingerprint density at radius 3 is 3.00 bits per heavy atom. The summed E-state index contributed by atoms with van der Waals surface area (Å²) >= 11 is 4.55. The van der Waals surface area contributed by atoms with Crippen LogP contribution in [-0.4, -0.2) is 24.2 Å². The largest absolute Gasteiger partial charge is 0.496 e. The molecule has 3 N–H and O–H groups in total. The van der Waals surface area contributed by atoms with Gasteiger partial charge in [0, 0.05) is 0 Å². The minimum atomic E-state index is -0.310. The lowest BCUT2D eigenvalue weighted by atomic mass is 10.2. The molecule has 116 valence electrons. The van der Waals surface area contributed by atoms with Crippen molar-refractivity contribution < 1.29 is 9.53 Å². The van der Waals surface area contributed by atoms with Crippen LogP contribution in [0.25, 0.3) is 0 Å². The Balaban J connectivity index is 2.05. The first-order valence-electron chi connectivity index (χ1n) is 6.47. The first kappa shape index (κ1) is 16.4. The molecule has 1 amide bonds. The smallest absolute Gasteiger partial charge is 0.283 e. The highest BCUT2D eigenvalue weighted by molar-refractivity contribution is 9.10. The van der Waals surface area contributed by atoms with Crippen molar-refractivity contribution in [3.63, 3.8) is 0 Å². The molecule has 22 heavy (non-hydrogen) atoms. The zero-order valence-electron chi connectivity index (χ0n) is 12.1. The number of anilines is 1. The van der Waals surface area contributed by atoms with Crippen LogP contribution in [0.15, 0.2) is 27.8 Å². The Morgan fingerprint density at radius 2 is 2.36 bits per heavy atom. The van der Waals surface area contributed by atoms with Crippen LogP contribution < -0.4 is 15.9 Å². The van der Waals surface area contributed by atoms with Crippen LogP contribution in [0.2, 0.25) is 0 Å². The Labute approximate surface area is 140 Å². The maximum absolute atomic E-state index is 12.1. The van der Waals surface area contributed by atoms with Crippen molar-refractivity contribution in [2.45, 2.75) is 13.3 Å². The van der Waals surface area contributed by atoms with Gasteiger partial charge in [-0.05, 0) is 46.1 Å². The van der Waals surface area contributed by atoms with Gasteiger partial charge in [-0.1, -0.05) is 18.3 Å². The molecular weight excluding hydrogens is 368 g/mol. The number of nitrogens with one attached hydrogen (secondary N) is 1. The van der Waals surface area contributed by atoms with Gasteiger partial charge in [0.1, 0.15) is 10.6 Å². The van der Waals surface area contributed by atoms with Crippen LogP contribution in [0.4, 0.5) is 5.13 Å². The fraction of sp³-hybridized carbons (Fsp3) is 0.214. The summed E-state index contributed by atoms with van der Waals surface area (Å²) in [6, 6.07) is 5.49. The Bertz CT molecular complexity index is 715. The minimum Gasteiger partial charge on any atom is -0.496 e. The molecule has 0 unspecified atom stereocenters. The molecule has 0 aliphatic rings. The van der Waals surface area contributed by atoms with Gasteiger partial charge in [-0.2, -0.15) is 5.10 Å². The summed E-state index contributed by atoms with van der Waals surface area (Å²) in [5.41, 5.74) is 9.62. The van der Waals surface area contributed by atoms with Crippen LogP contribution in [0.3, 0.4) is 0 Å². The third-order valence-electron chi connectivity index (χ3n) is 2.81. The molecule has 2 rings (SSSR count). The molecule has 0 fully saturated rings. The van der Waals surface area contributed by atoms with E-state index >= 15 is 0 Å². The average Bonchev–Trinajstić information content (AvgIpc) is 2.88. The SMILES string of the molecule is CCc1nc(N)sc1C(=O)NN=Cc1ccc(OC)c(Br)c1. The number of aryl methyl sites for hydroxylation is 1. The Morgan fingerprint density at radius 1 is 1.59 bits per heavy atom. The number of nitrogen functional groups attached to an aromatic ring is 1. The second-order valence-corrected chi connectivity index (χ2v) is 6.16. The molecular formula is C14H15BrN4O2S. The van der Waals surface area contributed by atoms with Crippen molar-refractivity contribution in [1.82, 2.24) is 10.4 Å². The van der Waals surface area contributed by atoms with Gasteiger partial charge in [0.05, 0.1) is 23.5 Å². The number of amides is 1. The normalized spacial score (nSPS) is 10.9. The summed E-state index contributed by atoms with van der Waals surface area (Å²) in [4.78, 5) is 16.7. The highest BCUT2D eigenvalue weighted by Crippen LogP contribution is 2.25. The van der Waals surface area contributed by atoms with Crippen molar-refractivity contribution >= 4 is 44.5 Å². The summed E-state index contributed by atoms with van der Waals surface area (Å²) in [7, 11) is 1.60. The molecule has 0 atom stereocenters. The van der Waals surface area contributed by atoms with Crippen LogP contribution in [0, 0.1) is 0 Å². The number of nitrogens with two attached hydrogens (primary N) is 1. The highest BCUT2D eigenvalue weighted by Gasteiger charge is 2.15. The number of methoxy groups -OCH3 is 1. The van der Waals surface area contributed by atoms with E-state index in [-0.39, 0.29) is 5.91 Å². The zero-order valence-corrected chi connectivity index (χ0v) is 14.5. The molecule has 0 aliphatic heterocycles. The minimum absolute atomic E-state index is 0.310. The molecule has 0 saturated carbocycles. The van der Waals surface area contributed by atoms with Crippen molar-refractivity contribution in [1.29, 1.82) is 0 Å². The lowest BCUT2D eigenvalue weighted by Gasteiger charge is -2.03. The van der Waals surface area contributed by atoms with E-state index in [1.54, 1.807) is 13.3 Å². The highest BCUT2D eigenvalue weighted by atomic mass is 79.9. The first-order valence-corrected chi connectivity index (χ1v) is 8.08. The molecule has 0 saturated heterocycles. The maximum Gasteiger partial charge on any atom is 0.283 e. The van der Waals surface area contributed by atoms with E-state index < -0.39 is 0 Å². The number of thiazole rings is 1. The number of carbonyl (C=O) groups excluding carboxylic acids is 1. The van der Waals surface area contributed by atoms with E-state index in [4.69, 9.17) is 10.5 Å². The topological polar surface area (TPSA) is 89.6 Å². The predicted octanol–water partition coefficient (Wildman–Crippen LogP) is 2.82. The standard InChI is InChI=1S/C14H15BrN4O2S/c1-3-10-12(22-14(16)18-10)13(20)19-17-7-8-4-5-11(21-2)9(15)6-8/h4-7H,3H2,1-2H3,(H2,16,18)(H,19,20). The average molecular weight is 383 g/mol. The Hall–Kier alpha value is -1.93. The van der Waals surface area contributed by atoms with Crippen LogP contribution in [0.1, 0.15) is 27.9 Å². The summed E-state index contributed by atoms with van der Waals surface area (Å²) in [6.07, 6.45) is 2.20. The third kappa shape index (κ3) is 3.83. The number of hydrogen-bond donors (Lipinski definition) is 2. The van der Waals surface area contributed by atoms with Gasteiger partial charge in [0.15, 0.2) is 5.13 Å². The molecule has 2 aromatic rings. The van der Waals surface area contributed by atoms with Gasteiger partial charge in [-0.25, -0.2) is 10.4 Å². The summed E-state index contributed by atoms with van der Waals surface area (Å²) < 4.78 is 5.96. The molecule has 0 radical (unpaired) electrons. The van der Waals surface area contributed by atoms with Crippen molar-refractivity contribution in [3.05, 3.63) is 38.8 Å². The third-order valence-corrected chi connectivity index (χ3v) is 4.36. The van der Waals surface area contributed by atoms with E-state index in [9.17, 15) is 4.79 Å². The molecule has 1 aromatic heterocycles. The number of hydrogen-bond acceptors (Lipinski definition) is 6. The number of halogens is 1. The molecule has 1 aromatic carbocycles. The van der Waals surface area contributed by atoms with Gasteiger partial charge in [-0.15, -0.1) is 0 Å². The molecule has 0 bridgehead atoms. The van der Waals surface area contributed by atoms with Gasteiger partial charge in [0.2, 0.25) is 0 Å². The second-order valence-electron chi connectivity index (χ2n) is 4.27. The molecule has 0 spiro atoms. The van der Waals surface area contributed by atoms with E-state index in [1.807, 2.05) is 25.1 Å². The van der Waals surface area contributed by atoms with Gasteiger partial charge < -0.3 is 10.5 Å². The molecule has 8 heteroatoms. The van der Waals surface area contributed by atoms with Gasteiger partial charge in [-0.3, -0.25) is 4.79 Å². The summed E-state index contributed by atoms with van der Waals surface area (Å²) in [5, 5.41) is 4.33. The number of aromatic nitrogens is 1. The maximum atomic E-state index is 12.1. The zero-order chi connectivity index (χ0) is 16.1. The second kappa shape index (κ2) is 7.37. The molecule has 6 nitrogen and oxygen atoms in total. The number of carbonyl (C=O) groups is 1. The van der Waals surface area contributed by atoms with Crippen molar-refractivity contribution in [2.75, 3.05) is 12.8 Å². The van der Waals surface area contributed by atoms with E-state index in [0.717, 1.165) is 27.1 Å². The number of benzene rings is 1. The quantitative estimate of drug-likeness (QED) is 0.614. The number of rotatable bonds is 5. The monoisotopic (exact) mass is 382 g/mol. The predicted molar refractivity (Wildman–Crippen MR) is 91.7 cm³/mol. The lowest BCUT2D eigenvalue weighted by Crippen LogP contribution is -2.17. The number of nitrogens with zero attached hydrogens (tertiary/aromatic N) is 2. The van der Waals surface area contributed by atoms with Crippen molar-refractivity contribution in [3.8, 4) is 5.75 Å². The fourth-order valence-electron chi connectivity index (χ4n) is 1.77. The van der Waals surface area contributed by atoms with Crippen LogP contribution in [0.5, 0.6) is 5.75 Å². The molecule has 1 heterocycles. The summed E-state index contributed by atoms with van der Waals surface area (Å²) in [6.45, 7) is 1.92. The van der Waals surface area contributed by atoms with E-state index in [1.165, 1.54) is 0 Å². The Kier molecular flexibility index (Phi) is 5.51. The number of hydrazone groups is 1. The van der Waals surface area contributed by atoms with Crippen LogP contribution >= 0.6 is 27.3 Å². The lowest BCUT2D eigenvalue weighted by molar-refractivity contribution is 0.0958. The van der Waals surface area contributed by atoms with E-state index in [0.29, 0.717) is 22.1 Å². The number of ether oxygens (including phenoxy) is 1.